The molecule has 0 bridgehead atoms. The van der Waals surface area contributed by atoms with Gasteiger partial charge in [-0.15, -0.1) is 0 Å². The predicted octanol–water partition coefficient (Wildman–Crippen LogP) is 1.94. The molecule has 0 amide bonds. The molecule has 0 atom stereocenters. The molecule has 0 saturated heterocycles. The van der Waals surface area contributed by atoms with E-state index in [2.05, 4.69) is 19.9 Å². The lowest BCUT2D eigenvalue weighted by Crippen LogP contribution is -2.22. The highest BCUT2D eigenvalue weighted by Gasteiger charge is 2.26. The molecular formula is C21H15FN6O4. The number of rotatable bonds is 4. The maximum absolute atomic E-state index is 15.1. The SMILES string of the molecule is COc1cnc(-n2cc(C(=O)O)c(=O)c3cc(F)c(N4Cc5cccnc5C4)nc32)cn1. The Kier molecular flexibility index (Phi) is 4.51. The number of hydrogen-bond donors (Lipinski definition) is 1. The summed E-state index contributed by atoms with van der Waals surface area (Å²) in [6.07, 6.45) is 5.46. The molecule has 0 fully saturated rings. The van der Waals surface area contributed by atoms with Gasteiger partial charge in [-0.1, -0.05) is 6.07 Å². The first-order chi connectivity index (χ1) is 15.5. The smallest absolute Gasteiger partial charge is 0.341 e. The number of ether oxygens (including phenoxy) is 1. The molecule has 10 nitrogen and oxygen atoms in total. The number of methoxy groups -OCH3 is 1. The van der Waals surface area contributed by atoms with Gasteiger partial charge >= 0.3 is 5.97 Å². The van der Waals surface area contributed by atoms with Crippen LogP contribution in [0.4, 0.5) is 10.2 Å². The summed E-state index contributed by atoms with van der Waals surface area (Å²) >= 11 is 0. The van der Waals surface area contributed by atoms with E-state index >= 15 is 4.39 Å². The second kappa shape index (κ2) is 7.38. The van der Waals surface area contributed by atoms with Crippen LogP contribution in [0.3, 0.4) is 0 Å². The van der Waals surface area contributed by atoms with Crippen molar-refractivity contribution in [3.8, 4) is 11.7 Å². The Balaban J connectivity index is 1.72. The molecule has 5 rings (SSSR count). The molecule has 1 N–H and O–H groups in total. The van der Waals surface area contributed by atoms with E-state index in [0.29, 0.717) is 13.1 Å². The molecule has 0 radical (unpaired) electrons. The van der Waals surface area contributed by atoms with Gasteiger partial charge in [-0.25, -0.2) is 24.1 Å². The van der Waals surface area contributed by atoms with E-state index in [1.54, 1.807) is 17.2 Å². The molecule has 4 aromatic heterocycles. The Bertz CT molecular complexity index is 1410. The van der Waals surface area contributed by atoms with Crippen molar-refractivity contribution in [2.75, 3.05) is 12.0 Å². The van der Waals surface area contributed by atoms with Crippen LogP contribution in [0, 0.1) is 5.82 Å². The van der Waals surface area contributed by atoms with Crippen LogP contribution in [-0.2, 0) is 13.1 Å². The zero-order valence-corrected chi connectivity index (χ0v) is 16.7. The monoisotopic (exact) mass is 434 g/mol. The number of nitrogens with zero attached hydrogens (tertiary/aromatic N) is 6. The van der Waals surface area contributed by atoms with Gasteiger partial charge in [0, 0.05) is 18.9 Å². The highest BCUT2D eigenvalue weighted by molar-refractivity contribution is 5.92. The molecule has 5 heterocycles. The van der Waals surface area contributed by atoms with Crippen LogP contribution in [0.5, 0.6) is 5.88 Å². The van der Waals surface area contributed by atoms with Crippen LogP contribution in [0.1, 0.15) is 21.6 Å². The van der Waals surface area contributed by atoms with E-state index in [0.717, 1.165) is 23.5 Å². The van der Waals surface area contributed by atoms with Crippen molar-refractivity contribution in [2.24, 2.45) is 0 Å². The lowest BCUT2D eigenvalue weighted by molar-refractivity contribution is 0.0695. The Morgan fingerprint density at radius 1 is 1.22 bits per heavy atom. The van der Waals surface area contributed by atoms with Crippen LogP contribution < -0.4 is 15.1 Å². The Morgan fingerprint density at radius 3 is 2.75 bits per heavy atom. The lowest BCUT2D eigenvalue weighted by Gasteiger charge is -2.19. The number of halogens is 1. The second-order valence-electron chi connectivity index (χ2n) is 7.09. The summed E-state index contributed by atoms with van der Waals surface area (Å²) in [5, 5.41) is 9.29. The second-order valence-corrected chi connectivity index (χ2v) is 7.09. The van der Waals surface area contributed by atoms with Crippen molar-refractivity contribution >= 4 is 22.8 Å². The fraction of sp³-hybridized carbons (Fsp3) is 0.143. The van der Waals surface area contributed by atoms with Crippen molar-refractivity contribution < 1.29 is 19.0 Å². The summed E-state index contributed by atoms with van der Waals surface area (Å²) in [7, 11) is 1.43. The molecule has 1 aliphatic heterocycles. The van der Waals surface area contributed by atoms with Gasteiger partial charge in [0.05, 0.1) is 37.1 Å². The minimum absolute atomic E-state index is 0.0215. The maximum atomic E-state index is 15.1. The van der Waals surface area contributed by atoms with Gasteiger partial charge in [0.25, 0.3) is 0 Å². The summed E-state index contributed by atoms with van der Waals surface area (Å²) in [6.45, 7) is 0.754. The van der Waals surface area contributed by atoms with Gasteiger partial charge in [0.1, 0.15) is 5.56 Å². The zero-order chi connectivity index (χ0) is 22.4. The molecule has 0 saturated carbocycles. The van der Waals surface area contributed by atoms with Crippen LogP contribution in [0.2, 0.25) is 0 Å². The van der Waals surface area contributed by atoms with Crippen LogP contribution in [0.25, 0.3) is 16.9 Å². The third-order valence-corrected chi connectivity index (χ3v) is 5.20. The first-order valence-corrected chi connectivity index (χ1v) is 9.49. The molecule has 4 aromatic rings. The van der Waals surface area contributed by atoms with Gasteiger partial charge in [-0.3, -0.25) is 14.3 Å². The first kappa shape index (κ1) is 19.5. The fourth-order valence-corrected chi connectivity index (χ4v) is 3.65. The van der Waals surface area contributed by atoms with Gasteiger partial charge < -0.3 is 14.7 Å². The fourth-order valence-electron chi connectivity index (χ4n) is 3.65. The van der Waals surface area contributed by atoms with Crippen molar-refractivity contribution in [1.82, 2.24) is 24.5 Å². The topological polar surface area (TPSA) is 123 Å². The number of fused-ring (bicyclic) bond motifs is 2. The molecule has 1 aliphatic rings. The molecule has 11 heteroatoms. The minimum atomic E-state index is -1.45. The average Bonchev–Trinajstić information content (AvgIpc) is 3.23. The van der Waals surface area contributed by atoms with E-state index in [4.69, 9.17) is 4.74 Å². The van der Waals surface area contributed by atoms with Gasteiger partial charge in [0.2, 0.25) is 11.3 Å². The molecule has 0 aromatic carbocycles. The summed E-state index contributed by atoms with van der Waals surface area (Å²) < 4.78 is 21.4. The number of aromatic nitrogens is 5. The number of hydrogen-bond acceptors (Lipinski definition) is 8. The zero-order valence-electron chi connectivity index (χ0n) is 16.7. The Labute approximate surface area is 179 Å². The number of carbonyl (C=O) groups is 1. The van der Waals surface area contributed by atoms with Crippen LogP contribution in [-0.4, -0.2) is 42.7 Å². The molecule has 32 heavy (non-hydrogen) atoms. The first-order valence-electron chi connectivity index (χ1n) is 9.49. The largest absolute Gasteiger partial charge is 0.480 e. The van der Waals surface area contributed by atoms with Gasteiger partial charge in [-0.2, -0.15) is 0 Å². The quantitative estimate of drug-likeness (QED) is 0.513. The van der Waals surface area contributed by atoms with E-state index in [1.165, 1.54) is 24.1 Å². The summed E-state index contributed by atoms with van der Waals surface area (Å²) in [6, 6.07) is 4.72. The highest BCUT2D eigenvalue weighted by Crippen LogP contribution is 2.29. The predicted molar refractivity (Wildman–Crippen MR) is 111 cm³/mol. The van der Waals surface area contributed by atoms with Gasteiger partial charge in [0.15, 0.2) is 23.1 Å². The number of pyridine rings is 3. The summed E-state index contributed by atoms with van der Waals surface area (Å²) in [5.74, 6) is -1.72. The summed E-state index contributed by atoms with van der Waals surface area (Å²) in [4.78, 5) is 43.1. The molecule has 0 unspecified atom stereocenters. The van der Waals surface area contributed by atoms with Gasteiger partial charge in [-0.05, 0) is 17.7 Å². The van der Waals surface area contributed by atoms with Crippen LogP contribution >= 0.6 is 0 Å². The average molecular weight is 434 g/mol. The van der Waals surface area contributed by atoms with E-state index in [9.17, 15) is 14.7 Å². The van der Waals surface area contributed by atoms with E-state index < -0.39 is 22.8 Å². The number of carboxylic acids is 1. The van der Waals surface area contributed by atoms with E-state index in [1.807, 2.05) is 6.07 Å². The third-order valence-electron chi connectivity index (χ3n) is 5.20. The summed E-state index contributed by atoms with van der Waals surface area (Å²) in [5.41, 5.74) is 0.443. The van der Waals surface area contributed by atoms with Crippen molar-refractivity contribution in [3.63, 3.8) is 0 Å². The highest BCUT2D eigenvalue weighted by atomic mass is 19.1. The Morgan fingerprint density at radius 2 is 2.06 bits per heavy atom. The third kappa shape index (κ3) is 3.11. The Hall–Kier alpha value is -4.41. The van der Waals surface area contributed by atoms with E-state index in [-0.39, 0.29) is 28.5 Å². The molecule has 0 aliphatic carbocycles. The molecule has 160 valence electrons. The number of carboxylic acid groups (broad SMARTS) is 1. The lowest BCUT2D eigenvalue weighted by atomic mass is 10.2. The molecule has 0 spiro atoms. The minimum Gasteiger partial charge on any atom is -0.480 e. The maximum Gasteiger partial charge on any atom is 0.341 e. The number of anilines is 1. The molecular weight excluding hydrogens is 419 g/mol. The van der Waals surface area contributed by atoms with Crippen molar-refractivity contribution in [1.29, 1.82) is 0 Å². The van der Waals surface area contributed by atoms with Crippen molar-refractivity contribution in [2.45, 2.75) is 13.1 Å². The normalized spacial score (nSPS) is 12.8. The standard InChI is InChI=1S/C21H15FN6O4/c1-32-17-7-24-16(6-25-17)28-9-13(21(30)31)18(29)12-5-14(22)20(26-19(12)28)27-8-11-3-2-4-23-15(11)10-27/h2-7,9H,8,10H2,1H3,(H,30,31). The van der Waals surface area contributed by atoms with Crippen molar-refractivity contribution in [3.05, 3.63) is 75.8 Å². The number of aromatic carboxylic acids is 1. The van der Waals surface area contributed by atoms with Crippen LogP contribution in [0.15, 0.2) is 47.8 Å².